The lowest BCUT2D eigenvalue weighted by Gasteiger charge is -2.30. The monoisotopic (exact) mass is 269 g/mol. The highest BCUT2D eigenvalue weighted by atomic mass is 35.5. The fourth-order valence-electron chi connectivity index (χ4n) is 1.80. The number of carbonyl (C=O) groups is 1. The molecular weight excluding hydrogens is 250 g/mol. The van der Waals surface area contributed by atoms with Crippen molar-refractivity contribution in [2.24, 2.45) is 0 Å². The lowest BCUT2D eigenvalue weighted by Crippen LogP contribution is -2.50. The SMILES string of the molecule is CCC(CC)(CO)NC(=O)c1ccc(C)cc1Cl. The van der Waals surface area contributed by atoms with Gasteiger partial charge >= 0.3 is 0 Å². The van der Waals surface area contributed by atoms with Crippen molar-refractivity contribution in [3.63, 3.8) is 0 Å². The van der Waals surface area contributed by atoms with Gasteiger partial charge < -0.3 is 10.4 Å². The maximum absolute atomic E-state index is 12.2. The molecule has 1 amide bonds. The van der Waals surface area contributed by atoms with Crippen LogP contribution in [0.15, 0.2) is 18.2 Å². The van der Waals surface area contributed by atoms with E-state index in [0.717, 1.165) is 5.56 Å². The molecule has 1 aromatic carbocycles. The van der Waals surface area contributed by atoms with Crippen LogP contribution < -0.4 is 5.32 Å². The predicted octanol–water partition coefficient (Wildman–Crippen LogP) is 2.93. The molecule has 0 aliphatic carbocycles. The normalized spacial score (nSPS) is 11.4. The number of aryl methyl sites for hydroxylation is 1. The van der Waals surface area contributed by atoms with Crippen molar-refractivity contribution in [3.05, 3.63) is 34.3 Å². The number of halogens is 1. The molecule has 18 heavy (non-hydrogen) atoms. The first kappa shape index (κ1) is 15.0. The van der Waals surface area contributed by atoms with E-state index in [1.807, 2.05) is 26.8 Å². The summed E-state index contributed by atoms with van der Waals surface area (Å²) in [4.78, 5) is 12.2. The van der Waals surface area contributed by atoms with Gasteiger partial charge in [-0.25, -0.2) is 0 Å². The quantitative estimate of drug-likeness (QED) is 0.863. The third kappa shape index (κ3) is 3.24. The van der Waals surface area contributed by atoms with Gasteiger partial charge in [0.25, 0.3) is 5.91 Å². The van der Waals surface area contributed by atoms with Gasteiger partial charge in [0.15, 0.2) is 0 Å². The minimum Gasteiger partial charge on any atom is -0.394 e. The number of aliphatic hydroxyl groups excluding tert-OH is 1. The highest BCUT2D eigenvalue weighted by Gasteiger charge is 2.28. The summed E-state index contributed by atoms with van der Waals surface area (Å²) in [6.07, 6.45) is 1.35. The summed E-state index contributed by atoms with van der Waals surface area (Å²) in [6.45, 7) is 5.73. The van der Waals surface area contributed by atoms with Gasteiger partial charge in [-0.1, -0.05) is 31.5 Å². The third-order valence-electron chi connectivity index (χ3n) is 3.40. The number of aliphatic hydroxyl groups is 1. The summed E-state index contributed by atoms with van der Waals surface area (Å²) >= 11 is 6.06. The summed E-state index contributed by atoms with van der Waals surface area (Å²) in [7, 11) is 0. The molecule has 4 heteroatoms. The van der Waals surface area contributed by atoms with E-state index in [0.29, 0.717) is 23.4 Å². The topological polar surface area (TPSA) is 49.3 Å². The predicted molar refractivity (Wildman–Crippen MR) is 74.1 cm³/mol. The molecule has 1 rings (SSSR count). The number of nitrogens with one attached hydrogen (secondary N) is 1. The van der Waals surface area contributed by atoms with Crippen molar-refractivity contribution >= 4 is 17.5 Å². The molecule has 0 heterocycles. The number of hydrogen-bond acceptors (Lipinski definition) is 2. The molecule has 0 saturated heterocycles. The van der Waals surface area contributed by atoms with E-state index in [1.165, 1.54) is 0 Å². The lowest BCUT2D eigenvalue weighted by atomic mass is 9.93. The van der Waals surface area contributed by atoms with Gasteiger partial charge in [0, 0.05) is 0 Å². The largest absolute Gasteiger partial charge is 0.394 e. The standard InChI is InChI=1S/C14H20ClNO2/c1-4-14(5-2,9-17)16-13(18)11-7-6-10(3)8-12(11)15/h6-8,17H,4-5,9H2,1-3H3,(H,16,18). The van der Waals surface area contributed by atoms with Crippen LogP contribution in [-0.4, -0.2) is 23.2 Å². The number of benzene rings is 1. The second-order valence-electron chi connectivity index (χ2n) is 4.58. The van der Waals surface area contributed by atoms with Gasteiger partial charge in [0.2, 0.25) is 0 Å². The van der Waals surface area contributed by atoms with Gasteiger partial charge in [-0.05, 0) is 37.5 Å². The summed E-state index contributed by atoms with van der Waals surface area (Å²) in [5, 5.41) is 12.8. The zero-order valence-electron chi connectivity index (χ0n) is 11.1. The van der Waals surface area contributed by atoms with Crippen molar-refractivity contribution in [1.29, 1.82) is 0 Å². The summed E-state index contributed by atoms with van der Waals surface area (Å²) in [5.41, 5.74) is 0.892. The van der Waals surface area contributed by atoms with Crippen LogP contribution in [-0.2, 0) is 0 Å². The molecule has 0 aliphatic heterocycles. The molecule has 0 spiro atoms. The molecule has 0 atom stereocenters. The summed E-state index contributed by atoms with van der Waals surface area (Å²) in [5.74, 6) is -0.238. The van der Waals surface area contributed by atoms with Crippen LogP contribution >= 0.6 is 11.6 Å². The Morgan fingerprint density at radius 1 is 1.39 bits per heavy atom. The van der Waals surface area contributed by atoms with Gasteiger partial charge in [-0.15, -0.1) is 0 Å². The molecular formula is C14H20ClNO2. The Hall–Kier alpha value is -1.06. The molecule has 0 aliphatic rings. The van der Waals surface area contributed by atoms with E-state index in [-0.39, 0.29) is 12.5 Å². The van der Waals surface area contributed by atoms with Crippen LogP contribution in [0.1, 0.15) is 42.6 Å². The first-order chi connectivity index (χ1) is 8.48. The number of hydrogen-bond donors (Lipinski definition) is 2. The zero-order chi connectivity index (χ0) is 13.8. The second-order valence-corrected chi connectivity index (χ2v) is 4.99. The van der Waals surface area contributed by atoms with Crippen molar-refractivity contribution < 1.29 is 9.90 Å². The van der Waals surface area contributed by atoms with Crippen molar-refractivity contribution in [1.82, 2.24) is 5.32 Å². The summed E-state index contributed by atoms with van der Waals surface area (Å²) in [6, 6.07) is 5.31. The number of rotatable bonds is 5. The molecule has 0 saturated carbocycles. The van der Waals surface area contributed by atoms with Crippen molar-refractivity contribution in [3.8, 4) is 0 Å². The average molecular weight is 270 g/mol. The van der Waals surface area contributed by atoms with Crippen LogP contribution in [0.25, 0.3) is 0 Å². The molecule has 0 unspecified atom stereocenters. The Morgan fingerprint density at radius 3 is 2.44 bits per heavy atom. The smallest absolute Gasteiger partial charge is 0.253 e. The van der Waals surface area contributed by atoms with Crippen molar-refractivity contribution in [2.45, 2.75) is 39.2 Å². The van der Waals surface area contributed by atoms with Gasteiger partial charge in [-0.2, -0.15) is 0 Å². The minimum atomic E-state index is -0.564. The average Bonchev–Trinajstić information content (AvgIpc) is 2.36. The molecule has 1 aromatic rings. The van der Waals surface area contributed by atoms with Crippen LogP contribution in [0, 0.1) is 6.92 Å². The fourth-order valence-corrected chi connectivity index (χ4v) is 2.12. The Labute approximate surface area is 113 Å². The van der Waals surface area contributed by atoms with E-state index in [9.17, 15) is 9.90 Å². The Balaban J connectivity index is 2.94. The van der Waals surface area contributed by atoms with Gasteiger partial charge in [0.1, 0.15) is 0 Å². The van der Waals surface area contributed by atoms with Crippen LogP contribution in [0.2, 0.25) is 5.02 Å². The maximum atomic E-state index is 12.2. The van der Waals surface area contributed by atoms with E-state index < -0.39 is 5.54 Å². The minimum absolute atomic E-state index is 0.0742. The second kappa shape index (κ2) is 6.21. The molecule has 0 fully saturated rings. The zero-order valence-corrected chi connectivity index (χ0v) is 11.8. The lowest BCUT2D eigenvalue weighted by molar-refractivity contribution is 0.0818. The highest BCUT2D eigenvalue weighted by molar-refractivity contribution is 6.33. The fraction of sp³-hybridized carbons (Fsp3) is 0.500. The maximum Gasteiger partial charge on any atom is 0.253 e. The Morgan fingerprint density at radius 2 is 2.00 bits per heavy atom. The van der Waals surface area contributed by atoms with E-state index in [2.05, 4.69) is 5.32 Å². The van der Waals surface area contributed by atoms with Crippen LogP contribution in [0.5, 0.6) is 0 Å². The Kier molecular flexibility index (Phi) is 5.17. The van der Waals surface area contributed by atoms with Gasteiger partial charge in [-0.3, -0.25) is 4.79 Å². The molecule has 0 radical (unpaired) electrons. The third-order valence-corrected chi connectivity index (χ3v) is 3.72. The number of carbonyl (C=O) groups excluding carboxylic acids is 1. The summed E-state index contributed by atoms with van der Waals surface area (Å²) < 4.78 is 0. The molecule has 100 valence electrons. The van der Waals surface area contributed by atoms with Crippen LogP contribution in [0.4, 0.5) is 0 Å². The molecule has 0 bridgehead atoms. The first-order valence-electron chi connectivity index (χ1n) is 6.17. The first-order valence-corrected chi connectivity index (χ1v) is 6.55. The van der Waals surface area contributed by atoms with E-state index >= 15 is 0 Å². The Bertz CT molecular complexity index is 420. The molecule has 3 nitrogen and oxygen atoms in total. The van der Waals surface area contributed by atoms with Crippen LogP contribution in [0.3, 0.4) is 0 Å². The van der Waals surface area contributed by atoms with Crippen molar-refractivity contribution in [2.75, 3.05) is 6.61 Å². The molecule has 0 aromatic heterocycles. The van der Waals surface area contributed by atoms with E-state index in [4.69, 9.17) is 11.6 Å². The van der Waals surface area contributed by atoms with E-state index in [1.54, 1.807) is 12.1 Å². The number of amides is 1. The van der Waals surface area contributed by atoms with Gasteiger partial charge in [0.05, 0.1) is 22.7 Å². The highest BCUT2D eigenvalue weighted by Crippen LogP contribution is 2.20. The molecule has 2 N–H and O–H groups in total.